The minimum atomic E-state index is -4.08. The molecule has 0 bridgehead atoms. The van der Waals surface area contributed by atoms with Gasteiger partial charge in [-0.2, -0.15) is 5.26 Å². The normalized spacial score (nSPS) is 12.7. The number of allylic oxidation sites excluding steroid dienone is 1. The van der Waals surface area contributed by atoms with Crippen LogP contribution in [0, 0.1) is 25.2 Å². The summed E-state index contributed by atoms with van der Waals surface area (Å²) in [6, 6.07) is 11.8. The van der Waals surface area contributed by atoms with Crippen molar-refractivity contribution in [1.82, 2.24) is 0 Å². The van der Waals surface area contributed by atoms with E-state index in [1.807, 2.05) is 33.8 Å². The van der Waals surface area contributed by atoms with Crippen LogP contribution < -0.4 is 5.43 Å². The van der Waals surface area contributed by atoms with Crippen molar-refractivity contribution in [3.05, 3.63) is 80.0 Å². The lowest BCUT2D eigenvalue weighted by Gasteiger charge is -2.19. The van der Waals surface area contributed by atoms with Gasteiger partial charge in [-0.15, -0.1) is 0 Å². The SMILES string of the molecule is Cc1cc(C)c2c(=O)c(C=C(C#N)S(=O)(=O)c3ccc(C(C)(C)C)cc3)coc2c1. The number of aryl methyl sites for hydroxylation is 2. The van der Waals surface area contributed by atoms with Gasteiger partial charge >= 0.3 is 0 Å². The zero-order valence-corrected chi connectivity index (χ0v) is 18.4. The fourth-order valence-electron chi connectivity index (χ4n) is 3.31. The summed E-state index contributed by atoms with van der Waals surface area (Å²) < 4.78 is 31.5. The zero-order chi connectivity index (χ0) is 22.3. The quantitative estimate of drug-likeness (QED) is 0.553. The minimum absolute atomic E-state index is 0.000261. The molecule has 0 aliphatic carbocycles. The van der Waals surface area contributed by atoms with Crippen molar-refractivity contribution < 1.29 is 12.8 Å². The molecule has 3 aromatic rings. The number of nitriles is 1. The fourth-order valence-corrected chi connectivity index (χ4v) is 4.46. The predicted octanol–water partition coefficient (Wildman–Crippen LogP) is 5.05. The average molecular weight is 422 g/mol. The molecule has 1 aromatic heterocycles. The summed E-state index contributed by atoms with van der Waals surface area (Å²) in [4.78, 5) is 12.4. The molecule has 0 atom stereocenters. The number of fused-ring (bicyclic) bond motifs is 1. The van der Waals surface area contributed by atoms with Crippen LogP contribution in [-0.2, 0) is 15.3 Å². The molecule has 1 heterocycles. The largest absolute Gasteiger partial charge is 0.463 e. The summed E-state index contributed by atoms with van der Waals surface area (Å²) in [5.74, 6) is 0. The van der Waals surface area contributed by atoms with Crippen LogP contribution in [0.15, 0.2) is 61.7 Å². The summed E-state index contributed by atoms with van der Waals surface area (Å²) in [6.45, 7) is 9.77. The first kappa shape index (κ1) is 21.5. The van der Waals surface area contributed by atoms with Crippen molar-refractivity contribution in [2.24, 2.45) is 0 Å². The van der Waals surface area contributed by atoms with Crippen LogP contribution in [0.25, 0.3) is 17.0 Å². The molecule has 0 spiro atoms. The van der Waals surface area contributed by atoms with E-state index in [1.54, 1.807) is 31.2 Å². The second-order valence-corrected chi connectivity index (χ2v) is 10.3. The van der Waals surface area contributed by atoms with Gasteiger partial charge in [-0.05, 0) is 60.2 Å². The van der Waals surface area contributed by atoms with Crippen LogP contribution in [0.1, 0.15) is 43.0 Å². The van der Waals surface area contributed by atoms with Crippen molar-refractivity contribution >= 4 is 26.9 Å². The number of hydrogen-bond donors (Lipinski definition) is 0. The molecule has 0 N–H and O–H groups in total. The van der Waals surface area contributed by atoms with Gasteiger partial charge in [0.05, 0.1) is 15.8 Å². The Kier molecular flexibility index (Phi) is 5.44. The maximum absolute atomic E-state index is 13.0. The summed E-state index contributed by atoms with van der Waals surface area (Å²) in [7, 11) is -4.08. The molecule has 2 aromatic carbocycles. The van der Waals surface area contributed by atoms with Gasteiger partial charge in [-0.3, -0.25) is 4.79 Å². The predicted molar refractivity (Wildman–Crippen MR) is 118 cm³/mol. The molecular weight excluding hydrogens is 398 g/mol. The number of hydrogen-bond acceptors (Lipinski definition) is 5. The van der Waals surface area contributed by atoms with Gasteiger partial charge < -0.3 is 4.42 Å². The molecule has 5 nitrogen and oxygen atoms in total. The summed E-state index contributed by atoms with van der Waals surface area (Å²) in [5, 5.41) is 9.91. The Morgan fingerprint density at radius 2 is 1.73 bits per heavy atom. The second-order valence-electron chi connectivity index (χ2n) is 8.37. The van der Waals surface area contributed by atoms with Gasteiger partial charge in [0.1, 0.15) is 22.8 Å². The summed E-state index contributed by atoms with van der Waals surface area (Å²) in [5.41, 5.74) is 2.59. The van der Waals surface area contributed by atoms with E-state index in [0.717, 1.165) is 22.8 Å². The monoisotopic (exact) mass is 421 g/mol. The zero-order valence-electron chi connectivity index (χ0n) is 17.6. The Morgan fingerprint density at radius 3 is 2.30 bits per heavy atom. The minimum Gasteiger partial charge on any atom is -0.463 e. The lowest BCUT2D eigenvalue weighted by atomic mass is 9.87. The Balaban J connectivity index is 2.13. The number of nitrogens with zero attached hydrogens (tertiary/aromatic N) is 1. The topological polar surface area (TPSA) is 88.1 Å². The lowest BCUT2D eigenvalue weighted by molar-refractivity contribution is 0.587. The third-order valence-corrected chi connectivity index (χ3v) is 6.64. The van der Waals surface area contributed by atoms with E-state index in [9.17, 15) is 18.5 Å². The van der Waals surface area contributed by atoms with Crippen molar-refractivity contribution in [3.8, 4) is 6.07 Å². The first-order valence-electron chi connectivity index (χ1n) is 9.45. The molecule has 0 radical (unpaired) electrons. The molecule has 0 unspecified atom stereocenters. The second kappa shape index (κ2) is 7.58. The maximum atomic E-state index is 13.0. The smallest absolute Gasteiger partial charge is 0.216 e. The highest BCUT2D eigenvalue weighted by atomic mass is 32.2. The number of rotatable bonds is 3. The molecule has 6 heteroatoms. The van der Waals surface area contributed by atoms with Crippen LogP contribution in [-0.4, -0.2) is 8.42 Å². The van der Waals surface area contributed by atoms with E-state index >= 15 is 0 Å². The van der Waals surface area contributed by atoms with Crippen LogP contribution in [0.2, 0.25) is 0 Å². The Bertz CT molecular complexity index is 1360. The third kappa shape index (κ3) is 3.94. The fraction of sp³-hybridized carbons (Fsp3) is 0.250. The van der Waals surface area contributed by atoms with Crippen molar-refractivity contribution in [1.29, 1.82) is 5.26 Å². The van der Waals surface area contributed by atoms with Crippen LogP contribution in [0.3, 0.4) is 0 Å². The van der Waals surface area contributed by atoms with E-state index in [2.05, 4.69) is 0 Å². The molecular formula is C24H23NO4S. The van der Waals surface area contributed by atoms with E-state index in [-0.39, 0.29) is 21.3 Å². The highest BCUT2D eigenvalue weighted by Gasteiger charge is 2.23. The molecule has 0 saturated heterocycles. The van der Waals surface area contributed by atoms with E-state index in [4.69, 9.17) is 4.42 Å². The number of benzene rings is 2. The van der Waals surface area contributed by atoms with Crippen molar-refractivity contribution in [2.75, 3.05) is 0 Å². The van der Waals surface area contributed by atoms with Gasteiger partial charge in [-0.1, -0.05) is 39.0 Å². The van der Waals surface area contributed by atoms with Crippen molar-refractivity contribution in [2.45, 2.75) is 44.9 Å². The van der Waals surface area contributed by atoms with Gasteiger partial charge in [0.15, 0.2) is 5.43 Å². The lowest BCUT2D eigenvalue weighted by Crippen LogP contribution is -2.12. The highest BCUT2D eigenvalue weighted by Crippen LogP contribution is 2.26. The van der Waals surface area contributed by atoms with E-state index < -0.39 is 14.7 Å². The molecule has 0 fully saturated rings. The number of sulfone groups is 1. The van der Waals surface area contributed by atoms with Gasteiger partial charge in [0.25, 0.3) is 0 Å². The van der Waals surface area contributed by atoms with Gasteiger partial charge in [0.2, 0.25) is 9.84 Å². The standard InChI is InChI=1S/C24H23NO4S/c1-15-10-16(2)22-21(11-15)29-14-17(23(22)26)12-20(13-25)30(27,28)19-8-6-18(7-9-19)24(3,4)5/h6-12,14H,1-5H3. The molecule has 0 amide bonds. The van der Waals surface area contributed by atoms with E-state index in [0.29, 0.717) is 11.0 Å². The summed E-state index contributed by atoms with van der Waals surface area (Å²) >= 11 is 0. The highest BCUT2D eigenvalue weighted by molar-refractivity contribution is 7.95. The molecule has 3 rings (SSSR count). The van der Waals surface area contributed by atoms with Crippen LogP contribution in [0.4, 0.5) is 0 Å². The first-order valence-corrected chi connectivity index (χ1v) is 10.9. The van der Waals surface area contributed by atoms with Crippen LogP contribution in [0.5, 0.6) is 0 Å². The summed E-state index contributed by atoms with van der Waals surface area (Å²) in [6.07, 6.45) is 2.27. The van der Waals surface area contributed by atoms with Crippen molar-refractivity contribution in [3.63, 3.8) is 0 Å². The first-order chi connectivity index (χ1) is 13.9. The molecule has 0 aliphatic rings. The average Bonchev–Trinajstić information content (AvgIpc) is 2.66. The van der Waals surface area contributed by atoms with Gasteiger partial charge in [0, 0.05) is 0 Å². The van der Waals surface area contributed by atoms with Gasteiger partial charge in [-0.25, -0.2) is 8.42 Å². The molecule has 0 aliphatic heterocycles. The third-order valence-electron chi connectivity index (χ3n) is 4.96. The maximum Gasteiger partial charge on any atom is 0.216 e. The molecule has 0 saturated carbocycles. The van der Waals surface area contributed by atoms with Crippen LogP contribution >= 0.6 is 0 Å². The Hall–Kier alpha value is -3.17. The Labute approximate surface area is 176 Å². The molecule has 30 heavy (non-hydrogen) atoms. The van der Waals surface area contributed by atoms with E-state index in [1.165, 1.54) is 18.4 Å². The molecule has 154 valence electrons. The Morgan fingerprint density at radius 1 is 1.10 bits per heavy atom.